The number of aromatic nitrogens is 2. The van der Waals surface area contributed by atoms with Gasteiger partial charge < -0.3 is 9.64 Å². The Labute approximate surface area is 95.7 Å². The van der Waals surface area contributed by atoms with Crippen LogP contribution in [0.3, 0.4) is 0 Å². The van der Waals surface area contributed by atoms with Crippen LogP contribution in [0.25, 0.3) is 0 Å². The van der Waals surface area contributed by atoms with Crippen LogP contribution in [0.15, 0.2) is 6.20 Å². The summed E-state index contributed by atoms with van der Waals surface area (Å²) in [6, 6.07) is 0. The first-order valence-electron chi connectivity index (χ1n) is 6.11. The number of aryl methyl sites for hydroxylation is 2. The lowest BCUT2D eigenvalue weighted by Gasteiger charge is -2.27. The second-order valence-corrected chi connectivity index (χ2v) is 4.45. The second kappa shape index (κ2) is 4.37. The Morgan fingerprint density at radius 1 is 1.12 bits per heavy atom. The molecular formula is C12H17N3O. The SMILES string of the molecule is c1nc(N2CCOCC2)nc2c1CCCC2. The Bertz CT molecular complexity index is 375. The van der Waals surface area contributed by atoms with E-state index in [1.54, 1.807) is 0 Å². The van der Waals surface area contributed by atoms with Gasteiger partial charge >= 0.3 is 0 Å². The van der Waals surface area contributed by atoms with Crippen molar-refractivity contribution >= 4 is 5.95 Å². The largest absolute Gasteiger partial charge is 0.378 e. The van der Waals surface area contributed by atoms with E-state index in [1.807, 2.05) is 6.20 Å². The minimum absolute atomic E-state index is 0.792. The van der Waals surface area contributed by atoms with Crippen molar-refractivity contribution < 1.29 is 4.74 Å². The van der Waals surface area contributed by atoms with Crippen LogP contribution in [-0.2, 0) is 17.6 Å². The molecule has 1 aromatic heterocycles. The van der Waals surface area contributed by atoms with Gasteiger partial charge in [-0.05, 0) is 31.2 Å². The van der Waals surface area contributed by atoms with Crippen molar-refractivity contribution in [2.75, 3.05) is 31.2 Å². The molecule has 0 bridgehead atoms. The van der Waals surface area contributed by atoms with Gasteiger partial charge in [0.25, 0.3) is 0 Å². The van der Waals surface area contributed by atoms with Crippen molar-refractivity contribution in [3.63, 3.8) is 0 Å². The molecule has 0 spiro atoms. The molecule has 0 N–H and O–H groups in total. The van der Waals surface area contributed by atoms with Crippen LogP contribution >= 0.6 is 0 Å². The Morgan fingerprint density at radius 2 is 1.94 bits per heavy atom. The molecule has 1 fully saturated rings. The lowest BCUT2D eigenvalue weighted by atomic mass is 9.98. The molecular weight excluding hydrogens is 202 g/mol. The highest BCUT2D eigenvalue weighted by Gasteiger charge is 2.17. The Hall–Kier alpha value is -1.16. The fraction of sp³-hybridized carbons (Fsp3) is 0.667. The first-order valence-corrected chi connectivity index (χ1v) is 6.11. The number of anilines is 1. The summed E-state index contributed by atoms with van der Waals surface area (Å²) in [6.07, 6.45) is 6.85. The Balaban J connectivity index is 1.84. The van der Waals surface area contributed by atoms with Crippen molar-refractivity contribution in [1.82, 2.24) is 9.97 Å². The van der Waals surface area contributed by atoms with Gasteiger partial charge in [0.05, 0.1) is 13.2 Å². The minimum Gasteiger partial charge on any atom is -0.378 e. The summed E-state index contributed by atoms with van der Waals surface area (Å²) in [5.74, 6) is 0.893. The number of ether oxygens (including phenoxy) is 1. The standard InChI is InChI=1S/C12H17N3O/c1-2-4-11-10(3-1)9-13-12(14-11)15-5-7-16-8-6-15/h9H,1-8H2. The first-order chi connectivity index (χ1) is 7.93. The predicted molar refractivity (Wildman–Crippen MR) is 61.7 cm³/mol. The van der Waals surface area contributed by atoms with Crippen LogP contribution in [0.5, 0.6) is 0 Å². The first kappa shape index (κ1) is 10.0. The van der Waals surface area contributed by atoms with Gasteiger partial charge in [-0.25, -0.2) is 9.97 Å². The summed E-state index contributed by atoms with van der Waals surface area (Å²) in [5.41, 5.74) is 2.62. The monoisotopic (exact) mass is 219 g/mol. The van der Waals surface area contributed by atoms with Crippen LogP contribution in [0.1, 0.15) is 24.1 Å². The van der Waals surface area contributed by atoms with Gasteiger partial charge in [0, 0.05) is 25.0 Å². The number of hydrogen-bond acceptors (Lipinski definition) is 4. The van der Waals surface area contributed by atoms with Crippen LogP contribution < -0.4 is 4.90 Å². The summed E-state index contributed by atoms with van der Waals surface area (Å²) in [4.78, 5) is 11.4. The Morgan fingerprint density at radius 3 is 2.81 bits per heavy atom. The third-order valence-corrected chi connectivity index (χ3v) is 3.35. The molecule has 86 valence electrons. The van der Waals surface area contributed by atoms with Gasteiger partial charge in [0.2, 0.25) is 5.95 Å². The van der Waals surface area contributed by atoms with E-state index in [-0.39, 0.29) is 0 Å². The summed E-state index contributed by atoms with van der Waals surface area (Å²) < 4.78 is 5.34. The molecule has 0 amide bonds. The summed E-state index contributed by atoms with van der Waals surface area (Å²) in [5, 5.41) is 0. The van der Waals surface area contributed by atoms with Gasteiger partial charge in [-0.3, -0.25) is 0 Å². The normalized spacial score (nSPS) is 20.6. The van der Waals surface area contributed by atoms with Gasteiger partial charge in [-0.1, -0.05) is 0 Å². The van der Waals surface area contributed by atoms with Gasteiger partial charge in [-0.2, -0.15) is 0 Å². The molecule has 1 saturated heterocycles. The highest BCUT2D eigenvalue weighted by molar-refractivity contribution is 5.34. The van der Waals surface area contributed by atoms with Gasteiger partial charge in [-0.15, -0.1) is 0 Å². The highest BCUT2D eigenvalue weighted by Crippen LogP contribution is 2.21. The molecule has 2 heterocycles. The van der Waals surface area contributed by atoms with E-state index in [0.717, 1.165) is 45.1 Å². The molecule has 1 aliphatic heterocycles. The maximum atomic E-state index is 5.34. The average Bonchev–Trinajstić information content (AvgIpc) is 2.39. The molecule has 16 heavy (non-hydrogen) atoms. The quantitative estimate of drug-likeness (QED) is 0.711. The summed E-state index contributed by atoms with van der Waals surface area (Å²) >= 11 is 0. The molecule has 0 aromatic carbocycles. The van der Waals surface area contributed by atoms with Crippen LogP contribution in [0.4, 0.5) is 5.95 Å². The van der Waals surface area contributed by atoms with E-state index in [2.05, 4.69) is 9.88 Å². The molecule has 1 aromatic rings. The molecule has 0 atom stereocenters. The van der Waals surface area contributed by atoms with Crippen molar-refractivity contribution in [1.29, 1.82) is 0 Å². The average molecular weight is 219 g/mol. The van der Waals surface area contributed by atoms with Gasteiger partial charge in [0.15, 0.2) is 0 Å². The topological polar surface area (TPSA) is 38.2 Å². The maximum Gasteiger partial charge on any atom is 0.225 e. The highest BCUT2D eigenvalue weighted by atomic mass is 16.5. The third kappa shape index (κ3) is 1.89. The smallest absolute Gasteiger partial charge is 0.225 e. The van der Waals surface area contributed by atoms with Gasteiger partial charge in [0.1, 0.15) is 0 Å². The number of fused-ring (bicyclic) bond motifs is 1. The zero-order valence-corrected chi connectivity index (χ0v) is 9.48. The summed E-state index contributed by atoms with van der Waals surface area (Å²) in [7, 11) is 0. The van der Waals surface area contributed by atoms with Crippen LogP contribution in [0, 0.1) is 0 Å². The number of rotatable bonds is 1. The van der Waals surface area contributed by atoms with Crippen molar-refractivity contribution in [2.45, 2.75) is 25.7 Å². The maximum absolute atomic E-state index is 5.34. The van der Waals surface area contributed by atoms with E-state index >= 15 is 0 Å². The predicted octanol–water partition coefficient (Wildman–Crippen LogP) is 1.19. The number of hydrogen-bond donors (Lipinski definition) is 0. The molecule has 0 radical (unpaired) electrons. The zero-order chi connectivity index (χ0) is 10.8. The molecule has 4 heteroatoms. The number of nitrogens with zero attached hydrogens (tertiary/aromatic N) is 3. The van der Waals surface area contributed by atoms with E-state index in [4.69, 9.17) is 9.72 Å². The lowest BCUT2D eigenvalue weighted by molar-refractivity contribution is 0.122. The van der Waals surface area contributed by atoms with E-state index < -0.39 is 0 Å². The summed E-state index contributed by atoms with van der Waals surface area (Å²) in [6.45, 7) is 3.42. The molecule has 0 unspecified atom stereocenters. The molecule has 4 nitrogen and oxygen atoms in total. The van der Waals surface area contributed by atoms with E-state index in [1.165, 1.54) is 24.1 Å². The van der Waals surface area contributed by atoms with Crippen molar-refractivity contribution in [2.24, 2.45) is 0 Å². The number of morpholine rings is 1. The minimum atomic E-state index is 0.792. The molecule has 3 rings (SSSR count). The third-order valence-electron chi connectivity index (χ3n) is 3.35. The molecule has 1 aliphatic carbocycles. The molecule has 0 saturated carbocycles. The van der Waals surface area contributed by atoms with Crippen LogP contribution in [-0.4, -0.2) is 36.3 Å². The molecule has 2 aliphatic rings. The fourth-order valence-corrected chi connectivity index (χ4v) is 2.38. The van der Waals surface area contributed by atoms with Crippen LogP contribution in [0.2, 0.25) is 0 Å². The van der Waals surface area contributed by atoms with E-state index in [0.29, 0.717) is 0 Å². The lowest BCUT2D eigenvalue weighted by Crippen LogP contribution is -2.37. The Kier molecular flexibility index (Phi) is 2.74. The van der Waals surface area contributed by atoms with Crippen molar-refractivity contribution in [3.05, 3.63) is 17.5 Å². The second-order valence-electron chi connectivity index (χ2n) is 4.45. The van der Waals surface area contributed by atoms with E-state index in [9.17, 15) is 0 Å². The fourth-order valence-electron chi connectivity index (χ4n) is 2.38. The zero-order valence-electron chi connectivity index (χ0n) is 9.48. The van der Waals surface area contributed by atoms with Crippen molar-refractivity contribution in [3.8, 4) is 0 Å².